The lowest BCUT2D eigenvalue weighted by Gasteiger charge is -2.36. The first-order valence-electron chi connectivity index (χ1n) is 12.2. The van der Waals surface area contributed by atoms with Crippen LogP contribution in [-0.4, -0.2) is 74.1 Å². The quantitative estimate of drug-likeness (QED) is 0.370. The van der Waals surface area contributed by atoms with E-state index in [0.717, 1.165) is 5.69 Å². The Morgan fingerprint density at radius 3 is 2.29 bits per heavy atom. The molecule has 3 aromatic rings. The molecule has 0 radical (unpaired) electrons. The molecule has 0 saturated carbocycles. The number of anilines is 3. The van der Waals surface area contributed by atoms with E-state index in [2.05, 4.69) is 10.2 Å². The number of hydrogen-bond donors (Lipinski definition) is 1. The largest absolute Gasteiger partial charge is 0.459 e. The van der Waals surface area contributed by atoms with Crippen LogP contribution in [0.3, 0.4) is 0 Å². The number of morpholine rings is 1. The van der Waals surface area contributed by atoms with Gasteiger partial charge in [0.15, 0.2) is 5.76 Å². The summed E-state index contributed by atoms with van der Waals surface area (Å²) in [6.45, 7) is 4.42. The maximum Gasteiger partial charge on any atom is 0.289 e. The van der Waals surface area contributed by atoms with Gasteiger partial charge in [0.05, 0.1) is 46.4 Å². The van der Waals surface area contributed by atoms with Crippen molar-refractivity contribution in [1.82, 2.24) is 4.90 Å². The van der Waals surface area contributed by atoms with Crippen molar-refractivity contribution < 1.29 is 23.7 Å². The second-order valence-electron chi connectivity index (χ2n) is 8.93. The maximum atomic E-state index is 13.3. The predicted molar refractivity (Wildman–Crippen MR) is 142 cm³/mol. The molecule has 1 aromatic heterocycles. The number of carbonyl (C=O) groups is 2. The minimum Gasteiger partial charge on any atom is -0.459 e. The molecule has 0 atom stereocenters. The van der Waals surface area contributed by atoms with Gasteiger partial charge >= 0.3 is 0 Å². The van der Waals surface area contributed by atoms with E-state index >= 15 is 0 Å². The normalized spacial score (nSPS) is 15.9. The SMILES string of the molecule is O=C(Nc1ccc(N2CCN(C(=O)c3ccco3)CC2)c(Cl)c1)c1cc([N+](=O)[O-])ccc1N1CCOCC1. The van der Waals surface area contributed by atoms with E-state index in [1.54, 1.807) is 35.2 Å². The molecule has 2 aliphatic rings. The number of nitro groups is 1. The summed E-state index contributed by atoms with van der Waals surface area (Å²) in [6, 6.07) is 12.8. The van der Waals surface area contributed by atoms with Gasteiger partial charge in [0.1, 0.15) is 0 Å². The molecule has 2 amide bonds. The lowest BCUT2D eigenvalue weighted by Crippen LogP contribution is -2.48. The molecule has 0 spiro atoms. The molecule has 2 fully saturated rings. The Morgan fingerprint density at radius 1 is 0.921 bits per heavy atom. The highest BCUT2D eigenvalue weighted by Gasteiger charge is 2.26. The third-order valence-corrected chi connectivity index (χ3v) is 6.94. The second kappa shape index (κ2) is 11.1. The number of benzene rings is 2. The summed E-state index contributed by atoms with van der Waals surface area (Å²) in [6.07, 6.45) is 1.48. The predicted octanol–water partition coefficient (Wildman–Crippen LogP) is 3.89. The van der Waals surface area contributed by atoms with Crippen molar-refractivity contribution in [3.8, 4) is 0 Å². The number of amides is 2. The van der Waals surface area contributed by atoms with Crippen LogP contribution in [0.1, 0.15) is 20.9 Å². The summed E-state index contributed by atoms with van der Waals surface area (Å²) < 4.78 is 10.6. The molecule has 0 aliphatic carbocycles. The van der Waals surface area contributed by atoms with Gasteiger partial charge in [0, 0.05) is 57.1 Å². The second-order valence-corrected chi connectivity index (χ2v) is 9.34. The molecule has 0 bridgehead atoms. The third-order valence-electron chi connectivity index (χ3n) is 6.63. The first-order valence-corrected chi connectivity index (χ1v) is 12.6. The van der Waals surface area contributed by atoms with E-state index in [0.29, 0.717) is 74.6 Å². The van der Waals surface area contributed by atoms with Crippen LogP contribution in [0.25, 0.3) is 0 Å². The first kappa shape index (κ1) is 25.6. The highest BCUT2D eigenvalue weighted by molar-refractivity contribution is 6.33. The van der Waals surface area contributed by atoms with Gasteiger partial charge in [-0.3, -0.25) is 19.7 Å². The Morgan fingerprint density at radius 2 is 1.63 bits per heavy atom. The average molecular weight is 540 g/mol. The van der Waals surface area contributed by atoms with Crippen molar-refractivity contribution in [2.45, 2.75) is 0 Å². The minimum absolute atomic E-state index is 0.142. The molecule has 2 aliphatic heterocycles. The number of carbonyl (C=O) groups excluding carboxylic acids is 2. The van der Waals surface area contributed by atoms with Gasteiger partial charge in [-0.05, 0) is 36.4 Å². The fourth-order valence-corrected chi connectivity index (χ4v) is 4.95. The zero-order valence-electron chi connectivity index (χ0n) is 20.5. The van der Waals surface area contributed by atoms with E-state index in [1.165, 1.54) is 18.4 Å². The average Bonchev–Trinajstić information content (AvgIpc) is 3.48. The van der Waals surface area contributed by atoms with Crippen LogP contribution in [0.4, 0.5) is 22.7 Å². The molecule has 1 N–H and O–H groups in total. The topological polar surface area (TPSA) is 121 Å². The Hall–Kier alpha value is -4.09. The first-order chi connectivity index (χ1) is 18.4. The number of halogens is 1. The Bertz CT molecular complexity index is 1330. The summed E-state index contributed by atoms with van der Waals surface area (Å²) in [7, 11) is 0. The van der Waals surface area contributed by atoms with Crippen molar-refractivity contribution in [3.05, 3.63) is 81.3 Å². The minimum atomic E-state index is -0.520. The number of nitrogens with one attached hydrogen (secondary N) is 1. The van der Waals surface area contributed by atoms with Crippen molar-refractivity contribution >= 4 is 46.2 Å². The van der Waals surface area contributed by atoms with E-state index in [-0.39, 0.29) is 17.2 Å². The molecule has 38 heavy (non-hydrogen) atoms. The van der Waals surface area contributed by atoms with E-state index < -0.39 is 10.8 Å². The molecular weight excluding hydrogens is 514 g/mol. The van der Waals surface area contributed by atoms with Gasteiger partial charge in [-0.25, -0.2) is 0 Å². The summed E-state index contributed by atoms with van der Waals surface area (Å²) >= 11 is 6.59. The van der Waals surface area contributed by atoms with Gasteiger partial charge < -0.3 is 29.2 Å². The summed E-state index contributed by atoms with van der Waals surface area (Å²) in [5.74, 6) is -0.294. The number of non-ortho nitro benzene ring substituents is 1. The fraction of sp³-hybridized carbons (Fsp3) is 0.308. The fourth-order valence-electron chi connectivity index (χ4n) is 4.65. The molecule has 0 unspecified atom stereocenters. The van der Waals surface area contributed by atoms with Gasteiger partial charge in [-0.15, -0.1) is 0 Å². The number of nitrogens with zero attached hydrogens (tertiary/aromatic N) is 4. The Labute approximate surface area is 223 Å². The number of piperazine rings is 1. The highest BCUT2D eigenvalue weighted by Crippen LogP contribution is 2.31. The number of hydrogen-bond acceptors (Lipinski definition) is 8. The highest BCUT2D eigenvalue weighted by atomic mass is 35.5. The molecule has 3 heterocycles. The maximum absolute atomic E-state index is 13.3. The van der Waals surface area contributed by atoms with Crippen LogP contribution in [-0.2, 0) is 4.74 Å². The monoisotopic (exact) mass is 539 g/mol. The molecular formula is C26H26ClN5O6. The van der Waals surface area contributed by atoms with Crippen LogP contribution in [0.5, 0.6) is 0 Å². The number of rotatable bonds is 6. The molecule has 2 saturated heterocycles. The molecule has 12 heteroatoms. The van der Waals surface area contributed by atoms with E-state index in [9.17, 15) is 19.7 Å². The third kappa shape index (κ3) is 5.43. The molecule has 198 valence electrons. The van der Waals surface area contributed by atoms with E-state index in [1.807, 2.05) is 11.0 Å². The number of ether oxygens (including phenoxy) is 1. The summed E-state index contributed by atoms with van der Waals surface area (Å²) in [5.41, 5.74) is 1.92. The van der Waals surface area contributed by atoms with Crippen molar-refractivity contribution in [3.63, 3.8) is 0 Å². The van der Waals surface area contributed by atoms with Gasteiger partial charge in [0.2, 0.25) is 0 Å². The van der Waals surface area contributed by atoms with Gasteiger partial charge in [0.25, 0.3) is 17.5 Å². The molecule has 11 nitrogen and oxygen atoms in total. The molecule has 5 rings (SSSR count). The summed E-state index contributed by atoms with van der Waals surface area (Å²) in [5, 5.41) is 14.6. The van der Waals surface area contributed by atoms with Crippen molar-refractivity contribution in [2.24, 2.45) is 0 Å². The number of furan rings is 1. The lowest BCUT2D eigenvalue weighted by molar-refractivity contribution is -0.384. The van der Waals surface area contributed by atoms with Crippen molar-refractivity contribution in [1.29, 1.82) is 0 Å². The number of nitro benzene ring substituents is 1. The summed E-state index contributed by atoms with van der Waals surface area (Å²) in [4.78, 5) is 42.4. The standard InChI is InChI=1S/C26H26ClN5O6/c27-21-16-18(3-5-23(21)29-7-9-31(10-8-29)26(34)24-2-1-13-38-24)28-25(33)20-17-19(32(35)36)4-6-22(20)30-11-14-37-15-12-30/h1-6,13,16-17H,7-12,14-15H2,(H,28,33). The smallest absolute Gasteiger partial charge is 0.289 e. The van der Waals surface area contributed by atoms with Crippen LogP contribution >= 0.6 is 11.6 Å². The van der Waals surface area contributed by atoms with Crippen LogP contribution in [0.15, 0.2) is 59.2 Å². The zero-order chi connectivity index (χ0) is 26.6. The van der Waals surface area contributed by atoms with Crippen LogP contribution in [0, 0.1) is 10.1 Å². The molecule has 2 aromatic carbocycles. The van der Waals surface area contributed by atoms with Gasteiger partial charge in [-0.2, -0.15) is 0 Å². The van der Waals surface area contributed by atoms with Gasteiger partial charge in [-0.1, -0.05) is 11.6 Å². The van der Waals surface area contributed by atoms with Crippen LogP contribution < -0.4 is 15.1 Å². The van der Waals surface area contributed by atoms with E-state index in [4.69, 9.17) is 20.8 Å². The lowest BCUT2D eigenvalue weighted by atomic mass is 10.1. The van der Waals surface area contributed by atoms with Crippen LogP contribution in [0.2, 0.25) is 5.02 Å². The Kier molecular flexibility index (Phi) is 7.47. The Balaban J connectivity index is 1.28. The van der Waals surface area contributed by atoms with Crippen molar-refractivity contribution in [2.75, 3.05) is 67.6 Å². The zero-order valence-corrected chi connectivity index (χ0v) is 21.2.